The first-order valence-electron chi connectivity index (χ1n) is 5.35. The van der Waals surface area contributed by atoms with Gasteiger partial charge >= 0.3 is 0 Å². The third-order valence-electron chi connectivity index (χ3n) is 3.90. The maximum atomic E-state index is 7.08. The minimum atomic E-state index is 0.168. The van der Waals surface area contributed by atoms with Crippen molar-refractivity contribution in [3.8, 4) is 0 Å². The highest BCUT2D eigenvalue weighted by Crippen LogP contribution is 2.51. The van der Waals surface area contributed by atoms with Crippen LogP contribution in [-0.4, -0.2) is 12.6 Å². The minimum absolute atomic E-state index is 0.168. The molecule has 2 aliphatic carbocycles. The summed E-state index contributed by atoms with van der Waals surface area (Å²) in [6.07, 6.45) is 7.13. The summed E-state index contributed by atoms with van der Waals surface area (Å²) in [5, 5.41) is 4.84. The first-order valence-corrected chi connectivity index (χ1v) is 4.94. The van der Waals surface area contributed by atoms with Crippen molar-refractivity contribution in [1.29, 1.82) is 1.43 Å². The van der Waals surface area contributed by atoms with Crippen LogP contribution in [0.15, 0.2) is 11.6 Å². The molecule has 1 nitrogen and oxygen atoms in total. The van der Waals surface area contributed by atoms with Crippen LogP contribution in [0.3, 0.4) is 0 Å². The number of hydrogen-bond donors (Lipinski definition) is 1. The first kappa shape index (κ1) is 7.14. The maximum absolute atomic E-state index is 7.08. The van der Waals surface area contributed by atoms with Crippen LogP contribution in [0.1, 0.15) is 39.5 Å². The van der Waals surface area contributed by atoms with E-state index in [0.29, 0.717) is 0 Å². The lowest BCUT2D eigenvalue weighted by Gasteiger charge is -2.37. The molecule has 0 aromatic carbocycles. The molecule has 1 unspecified atom stereocenters. The van der Waals surface area contributed by atoms with E-state index in [1.165, 1.54) is 18.4 Å². The third kappa shape index (κ3) is 1.03. The van der Waals surface area contributed by atoms with Gasteiger partial charge in [0, 0.05) is 5.41 Å². The molecular weight excluding hydrogens is 148 g/mol. The van der Waals surface area contributed by atoms with Crippen molar-refractivity contribution in [1.82, 2.24) is 0 Å². The summed E-state index contributed by atoms with van der Waals surface area (Å²) in [4.78, 5) is 0. The summed E-state index contributed by atoms with van der Waals surface area (Å²) in [5.74, 6) is 0.757. The molecule has 68 valence electrons. The van der Waals surface area contributed by atoms with Gasteiger partial charge in [0.05, 0.1) is 6.10 Å². The van der Waals surface area contributed by atoms with Crippen molar-refractivity contribution >= 4 is 0 Å². The molecule has 0 heterocycles. The Morgan fingerprint density at radius 1 is 1.67 bits per heavy atom. The lowest BCUT2D eigenvalue weighted by atomic mass is 9.69. The fraction of sp³-hybridized carbons (Fsp3) is 0.818. The normalized spacial score (nSPS) is 48.2. The monoisotopic (exact) mass is 168 g/mol. The zero-order chi connectivity index (χ0) is 9.47. The Morgan fingerprint density at radius 3 is 3.25 bits per heavy atom. The van der Waals surface area contributed by atoms with Gasteiger partial charge in [0.15, 0.2) is 0 Å². The van der Waals surface area contributed by atoms with E-state index in [-0.39, 0.29) is 11.5 Å². The van der Waals surface area contributed by atoms with Gasteiger partial charge < -0.3 is 5.11 Å². The fourth-order valence-corrected chi connectivity index (χ4v) is 2.77. The Morgan fingerprint density at radius 2 is 2.50 bits per heavy atom. The van der Waals surface area contributed by atoms with Gasteiger partial charge in [-0.05, 0) is 38.5 Å². The lowest BCUT2D eigenvalue weighted by molar-refractivity contribution is 0.0375. The zero-order valence-electron chi connectivity index (χ0n) is 8.97. The lowest BCUT2D eigenvalue weighted by Crippen LogP contribution is -2.34. The molecule has 0 spiro atoms. The van der Waals surface area contributed by atoms with E-state index in [0.717, 1.165) is 18.8 Å². The Hall–Kier alpha value is -0.300. The van der Waals surface area contributed by atoms with Crippen LogP contribution < -0.4 is 0 Å². The second-order valence-electron chi connectivity index (χ2n) is 4.73. The smallest absolute Gasteiger partial charge is 0.210 e. The third-order valence-corrected chi connectivity index (χ3v) is 3.90. The predicted molar refractivity (Wildman–Crippen MR) is 49.8 cm³/mol. The molecule has 2 aliphatic rings. The van der Waals surface area contributed by atoms with Crippen molar-refractivity contribution in [3.63, 3.8) is 0 Å². The van der Waals surface area contributed by atoms with Gasteiger partial charge in [-0.25, -0.2) is 0 Å². The molecule has 0 aromatic heterocycles. The number of fused-ring (bicyclic) bond motifs is 1. The molecule has 12 heavy (non-hydrogen) atoms. The van der Waals surface area contributed by atoms with Crippen LogP contribution in [0.5, 0.6) is 0 Å². The van der Waals surface area contributed by atoms with E-state index in [9.17, 15) is 0 Å². The highest BCUT2D eigenvalue weighted by Gasteiger charge is 2.46. The van der Waals surface area contributed by atoms with Crippen molar-refractivity contribution < 1.29 is 5.11 Å². The van der Waals surface area contributed by atoms with E-state index >= 15 is 0 Å². The molecule has 1 heteroatoms. The second-order valence-corrected chi connectivity index (χ2v) is 4.73. The fourth-order valence-electron chi connectivity index (χ4n) is 2.77. The maximum Gasteiger partial charge on any atom is 0.210 e. The quantitative estimate of drug-likeness (QED) is 0.596. The van der Waals surface area contributed by atoms with E-state index in [4.69, 9.17) is 6.54 Å². The number of aliphatic hydroxyl groups is 1. The SMILES string of the molecule is [3H]O[C@H]1CCC2CC(C)=CC[C@@]21C. The zero-order valence-corrected chi connectivity index (χ0v) is 7.97. The van der Waals surface area contributed by atoms with Gasteiger partial charge in [0.2, 0.25) is 1.43 Å². The first-order chi connectivity index (χ1) is 6.16. The summed E-state index contributed by atoms with van der Waals surface area (Å²) in [6, 6.07) is 0. The molecule has 1 N–H and O–H groups in total. The Kier molecular flexibility index (Phi) is 1.54. The van der Waals surface area contributed by atoms with Gasteiger partial charge in [-0.15, -0.1) is 0 Å². The van der Waals surface area contributed by atoms with Crippen LogP contribution in [0.4, 0.5) is 0 Å². The van der Waals surface area contributed by atoms with Crippen LogP contribution in [0, 0.1) is 11.3 Å². The van der Waals surface area contributed by atoms with Crippen molar-refractivity contribution in [2.45, 2.75) is 45.6 Å². The number of allylic oxidation sites excluding steroid dienone is 2. The molecule has 1 saturated carbocycles. The molecule has 2 rings (SSSR count). The van der Waals surface area contributed by atoms with Gasteiger partial charge in [0.1, 0.15) is 0 Å². The second kappa shape index (κ2) is 2.59. The van der Waals surface area contributed by atoms with Gasteiger partial charge in [-0.1, -0.05) is 18.6 Å². The van der Waals surface area contributed by atoms with Gasteiger partial charge in [-0.3, -0.25) is 0 Å². The summed E-state index contributed by atoms with van der Waals surface area (Å²) in [5.41, 5.74) is 1.77. The number of hydrogen-bond acceptors (Lipinski definition) is 1. The molecule has 0 saturated heterocycles. The number of rotatable bonds is 1. The summed E-state index contributed by atoms with van der Waals surface area (Å²) >= 11 is 0. The van der Waals surface area contributed by atoms with Gasteiger partial charge in [-0.2, -0.15) is 0 Å². The molecule has 0 aromatic rings. The molecule has 1 fully saturated rings. The molecular formula is C11H18O. The molecule has 0 amide bonds. The van der Waals surface area contributed by atoms with E-state index in [2.05, 4.69) is 19.9 Å². The average molecular weight is 168 g/mol. The van der Waals surface area contributed by atoms with Crippen LogP contribution in [0.25, 0.3) is 0 Å². The molecule has 0 bridgehead atoms. The minimum Gasteiger partial charge on any atom is -0.393 e. The molecule has 3 atom stereocenters. The largest absolute Gasteiger partial charge is 0.393 e. The van der Waals surface area contributed by atoms with Crippen LogP contribution in [0.2, 0.25) is 0 Å². The highest BCUT2D eigenvalue weighted by atomic mass is 16.3. The van der Waals surface area contributed by atoms with Crippen molar-refractivity contribution in [2.75, 3.05) is 0 Å². The average Bonchev–Trinajstić information content (AvgIpc) is 2.42. The molecule has 0 radical (unpaired) electrons. The number of aliphatic hydroxyl groups excluding tert-OH is 1. The van der Waals surface area contributed by atoms with Crippen LogP contribution >= 0.6 is 0 Å². The van der Waals surface area contributed by atoms with Crippen molar-refractivity contribution in [3.05, 3.63) is 11.6 Å². The Balaban J connectivity index is 2.21. The van der Waals surface area contributed by atoms with Crippen LogP contribution in [-0.2, 0) is 0 Å². The van der Waals surface area contributed by atoms with Gasteiger partial charge in [0.25, 0.3) is 0 Å². The Bertz CT molecular complexity index is 236. The van der Waals surface area contributed by atoms with Crippen molar-refractivity contribution in [2.24, 2.45) is 11.3 Å². The standard InChI is InChI=1S/C11H18O/c1-8-5-6-11(2)9(7-8)3-4-10(11)12/h5,9-10,12H,3-4,6-7H2,1-2H3/t9?,10-,11-/m0/s1/i12T. The van der Waals surface area contributed by atoms with E-state index in [1.807, 2.05) is 0 Å². The Labute approximate surface area is 76.0 Å². The van der Waals surface area contributed by atoms with E-state index < -0.39 is 0 Å². The highest BCUT2D eigenvalue weighted by molar-refractivity contribution is 5.13. The predicted octanol–water partition coefficient (Wildman–Crippen LogP) is 2.50. The molecule has 0 aliphatic heterocycles. The van der Waals surface area contributed by atoms with E-state index in [1.54, 1.807) is 0 Å². The summed E-state index contributed by atoms with van der Waals surface area (Å²) in [7, 11) is 0. The summed E-state index contributed by atoms with van der Waals surface area (Å²) < 4.78 is 7.08. The summed E-state index contributed by atoms with van der Waals surface area (Å²) in [6.45, 7) is 4.50. The topological polar surface area (TPSA) is 20.2 Å².